The van der Waals surface area contributed by atoms with Crippen molar-refractivity contribution in [1.82, 2.24) is 4.98 Å². The van der Waals surface area contributed by atoms with E-state index in [1.807, 2.05) is 18.8 Å². The number of nitrogen functional groups attached to an aromatic ring is 1. The van der Waals surface area contributed by atoms with E-state index in [2.05, 4.69) is 16.0 Å². The first-order valence-corrected chi connectivity index (χ1v) is 6.34. The third kappa shape index (κ3) is 1.93. The van der Waals surface area contributed by atoms with Gasteiger partial charge in [-0.05, 0) is 18.2 Å². The molecule has 1 aromatic heterocycles. The van der Waals surface area contributed by atoms with Crippen LogP contribution < -0.4 is 10.6 Å². The van der Waals surface area contributed by atoms with Gasteiger partial charge in [-0.15, -0.1) is 0 Å². The third-order valence-electron chi connectivity index (χ3n) is 2.88. The van der Waals surface area contributed by atoms with Crippen molar-refractivity contribution in [3.63, 3.8) is 0 Å². The first-order chi connectivity index (χ1) is 7.74. The zero-order chi connectivity index (χ0) is 11.5. The predicted octanol–water partition coefficient (Wildman–Crippen LogP) is 1.48. The first-order valence-electron chi connectivity index (χ1n) is 5.19. The molecule has 1 aliphatic rings. The summed E-state index contributed by atoms with van der Waals surface area (Å²) in [4.78, 5) is 6.37. The van der Waals surface area contributed by atoms with Crippen molar-refractivity contribution in [3.05, 3.63) is 17.8 Å². The molecule has 1 unspecified atom stereocenters. The molecule has 2 rings (SSSR count). The summed E-state index contributed by atoms with van der Waals surface area (Å²) in [5, 5.41) is 8.91. The predicted molar refractivity (Wildman–Crippen MR) is 67.5 cm³/mol. The summed E-state index contributed by atoms with van der Waals surface area (Å²) in [5.74, 6) is 3.02. The minimum Gasteiger partial charge on any atom is -0.395 e. The molecular weight excluding hydrogens is 220 g/mol. The molecule has 1 atom stereocenters. The largest absolute Gasteiger partial charge is 0.395 e. The fourth-order valence-electron chi connectivity index (χ4n) is 1.84. The Morgan fingerprint density at radius 2 is 2.50 bits per heavy atom. The van der Waals surface area contributed by atoms with Crippen molar-refractivity contribution in [2.75, 3.05) is 29.2 Å². The van der Waals surface area contributed by atoms with E-state index >= 15 is 0 Å². The highest BCUT2D eigenvalue weighted by molar-refractivity contribution is 7.99. The molecule has 0 amide bonds. The Morgan fingerprint density at radius 1 is 1.69 bits per heavy atom. The van der Waals surface area contributed by atoms with Crippen molar-refractivity contribution in [2.45, 2.75) is 12.5 Å². The Balaban J connectivity index is 2.29. The summed E-state index contributed by atoms with van der Waals surface area (Å²) in [6.07, 6.45) is 2.79. The molecule has 1 fully saturated rings. The van der Waals surface area contributed by atoms with Crippen LogP contribution in [-0.4, -0.2) is 29.6 Å². The summed E-state index contributed by atoms with van der Waals surface area (Å²) in [7, 11) is 2.00. The number of hydrogen-bond acceptors (Lipinski definition) is 5. The van der Waals surface area contributed by atoms with E-state index in [0.29, 0.717) is 17.3 Å². The lowest BCUT2D eigenvalue weighted by Gasteiger charge is -2.26. The van der Waals surface area contributed by atoms with Gasteiger partial charge < -0.3 is 10.6 Å². The minimum atomic E-state index is 0.480. The maximum Gasteiger partial charge on any atom is 0.153 e. The first kappa shape index (κ1) is 11.1. The van der Waals surface area contributed by atoms with Crippen LogP contribution in [0.5, 0.6) is 0 Å². The summed E-state index contributed by atoms with van der Waals surface area (Å²) in [6, 6.07) is 4.21. The van der Waals surface area contributed by atoms with Gasteiger partial charge in [-0.25, -0.2) is 4.98 Å². The Bertz CT molecular complexity index is 420. The van der Waals surface area contributed by atoms with Crippen molar-refractivity contribution < 1.29 is 0 Å². The molecule has 2 heterocycles. The topological polar surface area (TPSA) is 65.9 Å². The van der Waals surface area contributed by atoms with E-state index in [-0.39, 0.29) is 0 Å². The number of thioether (sulfide) groups is 1. The molecule has 0 radical (unpaired) electrons. The number of nitrogens with two attached hydrogens (primary N) is 1. The molecule has 1 saturated heterocycles. The van der Waals surface area contributed by atoms with Crippen molar-refractivity contribution in [3.8, 4) is 6.07 Å². The monoisotopic (exact) mass is 234 g/mol. The van der Waals surface area contributed by atoms with Gasteiger partial charge in [-0.1, -0.05) is 0 Å². The quantitative estimate of drug-likeness (QED) is 0.839. The fourth-order valence-corrected chi connectivity index (χ4v) is 3.11. The van der Waals surface area contributed by atoms with E-state index in [0.717, 1.165) is 18.0 Å². The van der Waals surface area contributed by atoms with E-state index in [9.17, 15) is 0 Å². The SMILES string of the molecule is CN(c1nccc(C#N)c1N)C1CCSC1. The Labute approximate surface area is 99.5 Å². The molecule has 0 aromatic carbocycles. The highest BCUT2D eigenvalue weighted by atomic mass is 32.2. The summed E-state index contributed by atoms with van der Waals surface area (Å²) >= 11 is 1.95. The van der Waals surface area contributed by atoms with Crippen molar-refractivity contribution >= 4 is 23.3 Å². The summed E-state index contributed by atoms with van der Waals surface area (Å²) < 4.78 is 0. The van der Waals surface area contributed by atoms with Crippen LogP contribution in [0.3, 0.4) is 0 Å². The lowest BCUT2D eigenvalue weighted by molar-refractivity contribution is 0.692. The van der Waals surface area contributed by atoms with Crippen LogP contribution in [0.25, 0.3) is 0 Å². The molecule has 0 spiro atoms. The van der Waals surface area contributed by atoms with Crippen LogP contribution in [0.2, 0.25) is 0 Å². The number of rotatable bonds is 2. The number of hydrogen-bond donors (Lipinski definition) is 1. The molecule has 2 N–H and O–H groups in total. The second-order valence-electron chi connectivity index (χ2n) is 3.84. The average Bonchev–Trinajstić information content (AvgIpc) is 2.82. The van der Waals surface area contributed by atoms with Gasteiger partial charge in [0.05, 0.1) is 11.3 Å². The molecule has 4 nitrogen and oxygen atoms in total. The molecule has 0 saturated carbocycles. The smallest absolute Gasteiger partial charge is 0.153 e. The maximum absolute atomic E-state index is 8.91. The van der Waals surface area contributed by atoms with Gasteiger partial charge in [0, 0.05) is 25.0 Å². The van der Waals surface area contributed by atoms with Crippen LogP contribution in [0.1, 0.15) is 12.0 Å². The molecule has 16 heavy (non-hydrogen) atoms. The molecule has 5 heteroatoms. The van der Waals surface area contributed by atoms with Gasteiger partial charge in [-0.2, -0.15) is 17.0 Å². The minimum absolute atomic E-state index is 0.480. The van der Waals surface area contributed by atoms with Gasteiger partial charge in [0.1, 0.15) is 6.07 Å². The molecule has 0 aliphatic carbocycles. The molecule has 84 valence electrons. The number of anilines is 2. The highest BCUT2D eigenvalue weighted by Gasteiger charge is 2.23. The van der Waals surface area contributed by atoms with Crippen molar-refractivity contribution in [1.29, 1.82) is 5.26 Å². The standard InChI is InChI=1S/C11H14N4S/c1-15(9-3-5-16-7-9)11-10(13)8(6-12)2-4-14-11/h2,4,9H,3,5,7,13H2,1H3. The van der Waals surface area contributed by atoms with Gasteiger partial charge in [0.25, 0.3) is 0 Å². The molecular formula is C11H14N4S. The third-order valence-corrected chi connectivity index (χ3v) is 4.02. The van der Waals surface area contributed by atoms with Gasteiger partial charge >= 0.3 is 0 Å². The van der Waals surface area contributed by atoms with Crippen LogP contribution in [0, 0.1) is 11.3 Å². The van der Waals surface area contributed by atoms with Crippen LogP contribution >= 0.6 is 11.8 Å². The lowest BCUT2D eigenvalue weighted by atomic mass is 10.2. The van der Waals surface area contributed by atoms with E-state index in [1.165, 1.54) is 5.75 Å². The zero-order valence-electron chi connectivity index (χ0n) is 9.18. The van der Waals surface area contributed by atoms with E-state index in [1.54, 1.807) is 12.3 Å². The number of pyridine rings is 1. The summed E-state index contributed by atoms with van der Waals surface area (Å²) in [6.45, 7) is 0. The van der Waals surface area contributed by atoms with E-state index in [4.69, 9.17) is 11.0 Å². The Morgan fingerprint density at radius 3 is 3.12 bits per heavy atom. The molecule has 0 bridgehead atoms. The van der Waals surface area contributed by atoms with Crippen LogP contribution in [0.4, 0.5) is 11.5 Å². The number of aromatic nitrogens is 1. The maximum atomic E-state index is 8.91. The fraction of sp³-hybridized carbons (Fsp3) is 0.455. The normalized spacial score (nSPS) is 19.4. The van der Waals surface area contributed by atoms with Crippen LogP contribution in [0.15, 0.2) is 12.3 Å². The number of nitrogens with zero attached hydrogens (tertiary/aromatic N) is 3. The zero-order valence-corrected chi connectivity index (χ0v) is 10.00. The highest BCUT2D eigenvalue weighted by Crippen LogP contribution is 2.29. The second kappa shape index (κ2) is 4.62. The Kier molecular flexibility index (Phi) is 3.20. The second-order valence-corrected chi connectivity index (χ2v) is 4.99. The van der Waals surface area contributed by atoms with Crippen LogP contribution in [-0.2, 0) is 0 Å². The summed E-state index contributed by atoms with van der Waals surface area (Å²) in [5.41, 5.74) is 6.92. The Hall–Kier alpha value is -1.41. The van der Waals surface area contributed by atoms with Gasteiger partial charge in [0.15, 0.2) is 5.82 Å². The molecule has 1 aromatic rings. The van der Waals surface area contributed by atoms with E-state index < -0.39 is 0 Å². The van der Waals surface area contributed by atoms with Gasteiger partial charge in [-0.3, -0.25) is 0 Å². The lowest BCUT2D eigenvalue weighted by Crippen LogP contribution is -2.32. The number of nitriles is 1. The average molecular weight is 234 g/mol. The van der Waals surface area contributed by atoms with Crippen molar-refractivity contribution in [2.24, 2.45) is 0 Å². The molecule has 1 aliphatic heterocycles. The van der Waals surface area contributed by atoms with Gasteiger partial charge in [0.2, 0.25) is 0 Å².